The Morgan fingerprint density at radius 3 is 2.47 bits per heavy atom. The smallest absolute Gasteiger partial charge is 0.305 e. The van der Waals surface area contributed by atoms with Crippen LogP contribution in [0.4, 0.5) is 0 Å². The third kappa shape index (κ3) is 6.05. The van der Waals surface area contributed by atoms with Crippen molar-refractivity contribution in [3.8, 4) is 5.75 Å². The van der Waals surface area contributed by atoms with Gasteiger partial charge < -0.3 is 35.2 Å². The highest BCUT2D eigenvalue weighted by atomic mass is 32.2. The maximum atomic E-state index is 14.5. The van der Waals surface area contributed by atoms with Gasteiger partial charge in [-0.25, -0.2) is 0 Å². The topological polar surface area (TPSA) is 186 Å². The van der Waals surface area contributed by atoms with Crippen LogP contribution < -0.4 is 5.32 Å². The summed E-state index contributed by atoms with van der Waals surface area (Å²) in [4.78, 5) is 59.0. The summed E-state index contributed by atoms with van der Waals surface area (Å²) in [5.74, 6) is -8.44. The van der Waals surface area contributed by atoms with Crippen molar-refractivity contribution in [1.82, 2.24) is 15.1 Å². The van der Waals surface area contributed by atoms with Crippen molar-refractivity contribution in [3.63, 3.8) is 0 Å². The molecular weight excluding hydrogens is 654 g/mol. The number of hydrogen-bond acceptors (Lipinski definition) is 13. The van der Waals surface area contributed by atoms with Gasteiger partial charge in [-0.05, 0) is 38.6 Å². The predicted octanol–water partition coefficient (Wildman–Crippen LogP) is 2.19. The van der Waals surface area contributed by atoms with E-state index in [2.05, 4.69) is 5.32 Å². The SMILES string of the molecule is CCC(=O)O[C@@H]1[C@H]2[C@H](N(C)C)C(O)=C(C(=O)NCN3CCOCC3)C(=O)[C@@]2(O)C(O)=C2C(=O)c3c(O)cccc3C(CSC3CCCC3)[C@H]21. The molecule has 5 N–H and O–H groups in total. The first-order chi connectivity index (χ1) is 23.4. The molecule has 5 aliphatic rings. The Balaban J connectivity index is 1.51. The number of phenolic OH excluding ortho intramolecular Hbond substituents is 1. The third-order valence-corrected chi connectivity index (χ3v) is 12.2. The molecule has 1 aromatic rings. The minimum atomic E-state index is -2.95. The molecule has 14 heteroatoms. The van der Waals surface area contributed by atoms with Gasteiger partial charge in [0.1, 0.15) is 28.9 Å². The van der Waals surface area contributed by atoms with Crippen molar-refractivity contribution in [3.05, 3.63) is 52.0 Å². The molecule has 6 rings (SSSR count). The number of carbonyl (C=O) groups excluding carboxylic acids is 4. The van der Waals surface area contributed by atoms with Crippen molar-refractivity contribution in [2.24, 2.45) is 11.8 Å². The van der Waals surface area contributed by atoms with Crippen molar-refractivity contribution >= 4 is 35.2 Å². The lowest BCUT2D eigenvalue weighted by molar-refractivity contribution is -0.180. The molecule has 1 amide bonds. The number of fused-ring (bicyclic) bond motifs is 3. The Morgan fingerprint density at radius 2 is 1.82 bits per heavy atom. The van der Waals surface area contributed by atoms with Gasteiger partial charge >= 0.3 is 5.97 Å². The molecule has 0 radical (unpaired) electrons. The number of nitrogens with one attached hydrogen (secondary N) is 1. The minimum absolute atomic E-state index is 0.0293. The largest absolute Gasteiger partial charge is 0.510 e. The lowest BCUT2D eigenvalue weighted by Gasteiger charge is -2.54. The van der Waals surface area contributed by atoms with E-state index in [4.69, 9.17) is 9.47 Å². The molecule has 1 saturated heterocycles. The fourth-order valence-corrected chi connectivity index (χ4v) is 9.79. The van der Waals surface area contributed by atoms with Crippen LogP contribution in [0, 0.1) is 11.8 Å². The quantitative estimate of drug-likeness (QED) is 0.187. The zero-order valence-corrected chi connectivity index (χ0v) is 28.8. The van der Waals surface area contributed by atoms with E-state index in [-0.39, 0.29) is 30.0 Å². The van der Waals surface area contributed by atoms with E-state index in [9.17, 15) is 39.6 Å². The molecule has 0 spiro atoms. The van der Waals surface area contributed by atoms with Crippen LogP contribution in [0.25, 0.3) is 0 Å². The number of Topliss-reactive ketones (excluding diaryl/α,β-unsaturated/α-hetero) is 2. The summed E-state index contributed by atoms with van der Waals surface area (Å²) in [5.41, 5.74) is -3.62. The van der Waals surface area contributed by atoms with Gasteiger partial charge in [-0.3, -0.25) is 29.0 Å². The van der Waals surface area contributed by atoms with Crippen LogP contribution in [-0.2, 0) is 23.9 Å². The number of benzene rings is 1. The summed E-state index contributed by atoms with van der Waals surface area (Å²) in [6.07, 6.45) is 2.77. The fraction of sp³-hybridized carbons (Fsp3) is 0.600. The van der Waals surface area contributed by atoms with Gasteiger partial charge in [0, 0.05) is 47.9 Å². The van der Waals surface area contributed by atoms with Gasteiger partial charge in [0.15, 0.2) is 11.4 Å². The van der Waals surface area contributed by atoms with Gasteiger partial charge in [-0.2, -0.15) is 11.8 Å². The number of likely N-dealkylation sites (N-methyl/N-ethyl adjacent to an activating group) is 1. The predicted molar refractivity (Wildman–Crippen MR) is 179 cm³/mol. The highest BCUT2D eigenvalue weighted by molar-refractivity contribution is 7.99. The summed E-state index contributed by atoms with van der Waals surface area (Å²) in [5, 5.41) is 50.4. The lowest BCUT2D eigenvalue weighted by Crippen LogP contribution is -2.69. The lowest BCUT2D eigenvalue weighted by atomic mass is 9.55. The molecule has 1 aliphatic heterocycles. The molecular formula is C35H45N3O10S. The Morgan fingerprint density at radius 1 is 1.12 bits per heavy atom. The van der Waals surface area contributed by atoms with Gasteiger partial charge in [-0.15, -0.1) is 0 Å². The number of thioether (sulfide) groups is 1. The summed E-state index contributed by atoms with van der Waals surface area (Å²) in [6.45, 7) is 3.59. The summed E-state index contributed by atoms with van der Waals surface area (Å²) in [7, 11) is 3.14. The average Bonchev–Trinajstić information content (AvgIpc) is 3.60. The van der Waals surface area contributed by atoms with E-state index >= 15 is 0 Å². The van der Waals surface area contributed by atoms with E-state index < -0.39 is 76.0 Å². The third-order valence-electron chi connectivity index (χ3n) is 10.7. The number of esters is 1. The van der Waals surface area contributed by atoms with Crippen LogP contribution in [0.2, 0.25) is 0 Å². The fourth-order valence-electron chi connectivity index (χ4n) is 8.26. The number of aliphatic hydroxyl groups is 3. The molecule has 1 unspecified atom stereocenters. The molecule has 1 saturated carbocycles. The molecule has 6 atom stereocenters. The maximum Gasteiger partial charge on any atom is 0.305 e. The van der Waals surface area contributed by atoms with Crippen LogP contribution in [0.15, 0.2) is 40.9 Å². The van der Waals surface area contributed by atoms with Crippen LogP contribution in [-0.4, -0.2) is 129 Å². The highest BCUT2D eigenvalue weighted by Gasteiger charge is 2.69. The molecule has 2 fully saturated rings. The number of ether oxygens (including phenoxy) is 2. The second-order valence-corrected chi connectivity index (χ2v) is 15.0. The highest BCUT2D eigenvalue weighted by Crippen LogP contribution is 2.57. The van der Waals surface area contributed by atoms with Crippen LogP contribution in [0.1, 0.15) is 60.9 Å². The second kappa shape index (κ2) is 14.1. The Bertz CT molecular complexity index is 1580. The number of carbonyl (C=O) groups is 4. The van der Waals surface area contributed by atoms with E-state index in [1.54, 1.807) is 44.9 Å². The molecule has 0 bridgehead atoms. The van der Waals surface area contributed by atoms with E-state index in [0.717, 1.165) is 25.7 Å². The number of amides is 1. The first-order valence-electron chi connectivity index (χ1n) is 17.0. The molecule has 4 aliphatic carbocycles. The molecule has 1 heterocycles. The Labute approximate surface area is 289 Å². The van der Waals surface area contributed by atoms with Gasteiger partial charge in [-0.1, -0.05) is 31.9 Å². The number of morpholine rings is 1. The zero-order chi connectivity index (χ0) is 35.2. The summed E-state index contributed by atoms with van der Waals surface area (Å²) < 4.78 is 11.4. The van der Waals surface area contributed by atoms with Gasteiger partial charge in [0.05, 0.1) is 37.4 Å². The van der Waals surface area contributed by atoms with Crippen molar-refractivity contribution < 1.29 is 49.1 Å². The number of phenols is 1. The van der Waals surface area contributed by atoms with Crippen LogP contribution in [0.5, 0.6) is 5.75 Å². The number of rotatable bonds is 9. The summed E-state index contributed by atoms with van der Waals surface area (Å²) in [6, 6.07) is 3.41. The number of aromatic hydroxyl groups is 1. The standard InChI is InChI=1S/C35H45N3O10S/c1-4-22(40)48-31-24-20(16-49-18-8-5-6-9-18)19-10-7-11-21(39)23(19)29(41)25(24)32(43)35(46)27(31)28(37(2)3)30(42)26(33(35)44)34(45)36-17-38-12-14-47-15-13-38/h7,10-11,18,20,24,27-28,31,39,42-43,46H,4-6,8-9,12-17H2,1-3H3,(H,36,45)/t20?,24-,27-,28+,31+,35+/m1/s1. The number of aliphatic hydroxyl groups excluding tert-OH is 2. The normalized spacial score (nSPS) is 30.7. The Hall–Kier alpha value is -3.43. The van der Waals surface area contributed by atoms with E-state index in [0.29, 0.717) is 42.9 Å². The number of hydrogen-bond donors (Lipinski definition) is 5. The number of ketones is 2. The Kier molecular flexibility index (Phi) is 10.2. The minimum Gasteiger partial charge on any atom is -0.510 e. The summed E-state index contributed by atoms with van der Waals surface area (Å²) >= 11 is 1.70. The van der Waals surface area contributed by atoms with Crippen LogP contribution in [0.3, 0.4) is 0 Å². The van der Waals surface area contributed by atoms with Gasteiger partial charge in [0.2, 0.25) is 5.78 Å². The van der Waals surface area contributed by atoms with Crippen LogP contribution >= 0.6 is 11.8 Å². The maximum absolute atomic E-state index is 14.5. The molecule has 0 aromatic heterocycles. The average molecular weight is 700 g/mol. The van der Waals surface area contributed by atoms with E-state index in [1.807, 2.05) is 4.90 Å². The first-order valence-corrected chi connectivity index (χ1v) is 18.0. The molecule has 266 valence electrons. The molecule has 1 aromatic carbocycles. The molecule has 13 nitrogen and oxygen atoms in total. The second-order valence-electron chi connectivity index (χ2n) is 13.7. The first kappa shape index (κ1) is 35.4. The zero-order valence-electron chi connectivity index (χ0n) is 28.0. The van der Waals surface area contributed by atoms with Crippen molar-refractivity contribution in [1.29, 1.82) is 0 Å². The molecule has 49 heavy (non-hydrogen) atoms. The monoisotopic (exact) mass is 699 g/mol. The van der Waals surface area contributed by atoms with Crippen molar-refractivity contribution in [2.45, 2.75) is 67.9 Å². The van der Waals surface area contributed by atoms with Crippen molar-refractivity contribution in [2.75, 3.05) is 52.8 Å². The van der Waals surface area contributed by atoms with Gasteiger partial charge in [0.25, 0.3) is 5.91 Å². The number of nitrogens with zero attached hydrogens (tertiary/aromatic N) is 2. The van der Waals surface area contributed by atoms with E-state index in [1.165, 1.54) is 11.0 Å².